The van der Waals surface area contributed by atoms with Gasteiger partial charge in [-0.25, -0.2) is 0 Å². The van der Waals surface area contributed by atoms with Crippen LogP contribution in [0.1, 0.15) is 42.7 Å². The highest BCUT2D eigenvalue weighted by atomic mass is 16.3. The Morgan fingerprint density at radius 1 is 1.00 bits per heavy atom. The van der Waals surface area contributed by atoms with Crippen molar-refractivity contribution in [2.75, 3.05) is 19.6 Å². The Balaban J connectivity index is 2.00. The summed E-state index contributed by atoms with van der Waals surface area (Å²) < 4.78 is 0. The molecule has 0 aliphatic carbocycles. The largest absolute Gasteiger partial charge is 0.508 e. The van der Waals surface area contributed by atoms with Crippen LogP contribution in [0.25, 0.3) is 0 Å². The van der Waals surface area contributed by atoms with Crippen LogP contribution in [0.4, 0.5) is 0 Å². The maximum absolute atomic E-state index is 11.8. The van der Waals surface area contributed by atoms with E-state index < -0.39 is 5.60 Å². The van der Waals surface area contributed by atoms with Gasteiger partial charge in [-0.3, -0.25) is 0 Å². The number of rotatable bonds is 7. The maximum atomic E-state index is 11.8. The second-order valence-corrected chi connectivity index (χ2v) is 7.29. The van der Waals surface area contributed by atoms with Crippen LogP contribution in [0.3, 0.4) is 0 Å². The first kappa shape index (κ1) is 18.7. The number of benzene rings is 2. The van der Waals surface area contributed by atoms with E-state index in [4.69, 9.17) is 0 Å². The van der Waals surface area contributed by atoms with Crippen LogP contribution in [0.15, 0.2) is 67.3 Å². The van der Waals surface area contributed by atoms with E-state index >= 15 is 0 Å². The summed E-state index contributed by atoms with van der Waals surface area (Å²) >= 11 is 0. The molecule has 1 heterocycles. The molecule has 1 aliphatic heterocycles. The summed E-state index contributed by atoms with van der Waals surface area (Å²) in [4.78, 5) is 2.47. The van der Waals surface area contributed by atoms with Crippen LogP contribution in [0.2, 0.25) is 0 Å². The summed E-state index contributed by atoms with van der Waals surface area (Å²) in [5.41, 5.74) is 0.894. The molecule has 2 aromatic rings. The van der Waals surface area contributed by atoms with Gasteiger partial charge < -0.3 is 15.1 Å². The first-order valence-corrected chi connectivity index (χ1v) is 9.53. The molecule has 2 atom stereocenters. The number of phenolic OH excluding ortho intramolecular Hbond substituents is 1. The topological polar surface area (TPSA) is 43.7 Å². The molecule has 0 aromatic heterocycles. The van der Waals surface area contributed by atoms with Crippen LogP contribution >= 0.6 is 0 Å². The van der Waals surface area contributed by atoms with E-state index in [2.05, 4.69) is 23.6 Å². The molecule has 3 rings (SSSR count). The van der Waals surface area contributed by atoms with Gasteiger partial charge in [0.05, 0.1) is 0 Å². The van der Waals surface area contributed by atoms with Crippen molar-refractivity contribution in [1.29, 1.82) is 0 Å². The van der Waals surface area contributed by atoms with Crippen LogP contribution in [0.5, 0.6) is 5.75 Å². The monoisotopic (exact) mass is 351 g/mol. The van der Waals surface area contributed by atoms with Crippen molar-refractivity contribution in [3.05, 3.63) is 78.4 Å². The number of aliphatic hydroxyl groups is 1. The van der Waals surface area contributed by atoms with Crippen molar-refractivity contribution in [1.82, 2.24) is 4.90 Å². The predicted molar refractivity (Wildman–Crippen MR) is 106 cm³/mol. The van der Waals surface area contributed by atoms with Crippen LogP contribution in [0, 0.1) is 0 Å². The average molecular weight is 351 g/mol. The van der Waals surface area contributed by atoms with E-state index in [9.17, 15) is 10.2 Å². The van der Waals surface area contributed by atoms with E-state index in [1.165, 1.54) is 19.3 Å². The Kier molecular flexibility index (Phi) is 6.12. The molecule has 0 saturated carbocycles. The van der Waals surface area contributed by atoms with Gasteiger partial charge >= 0.3 is 0 Å². The second kappa shape index (κ2) is 8.52. The first-order chi connectivity index (χ1) is 12.6. The molecule has 138 valence electrons. The van der Waals surface area contributed by atoms with Crippen LogP contribution in [-0.4, -0.2) is 34.7 Å². The molecule has 0 amide bonds. The quantitative estimate of drug-likeness (QED) is 0.726. The standard InChI is InChI=1S/C23H29NO2/c1-2-15-23(26,20-11-13-21(25)14-12-20)22(19-9-5-3-6-10-19)18-24-16-7-4-8-17-24/h2-3,5-6,9-14,22,25-26H,1,4,7-8,15-18H2/t22-,23-/m1/s1. The van der Waals surface area contributed by atoms with E-state index in [1.54, 1.807) is 18.2 Å². The molecule has 1 fully saturated rings. The number of nitrogens with zero attached hydrogens (tertiary/aromatic N) is 1. The normalized spacial score (nSPS) is 18.8. The van der Waals surface area contributed by atoms with Gasteiger partial charge in [-0.2, -0.15) is 0 Å². The zero-order valence-electron chi connectivity index (χ0n) is 15.3. The number of phenols is 1. The Labute approximate surface area is 156 Å². The summed E-state index contributed by atoms with van der Waals surface area (Å²) in [5, 5.41) is 21.5. The summed E-state index contributed by atoms with van der Waals surface area (Å²) in [6.45, 7) is 6.88. The Morgan fingerprint density at radius 2 is 1.65 bits per heavy atom. The molecule has 0 unspecified atom stereocenters. The Morgan fingerprint density at radius 3 is 2.27 bits per heavy atom. The number of hydrogen-bond donors (Lipinski definition) is 2. The van der Waals surface area contributed by atoms with Gasteiger partial charge in [-0.1, -0.05) is 55.0 Å². The first-order valence-electron chi connectivity index (χ1n) is 9.53. The number of likely N-dealkylation sites (tertiary alicyclic amines) is 1. The van der Waals surface area contributed by atoms with Gasteiger partial charge in [-0.05, 0) is 55.6 Å². The SMILES string of the molecule is C=CC[C@@](O)(c1ccc(O)cc1)[C@H](CN1CCCCC1)c1ccccc1. The minimum Gasteiger partial charge on any atom is -0.508 e. The van der Waals surface area contributed by atoms with Crippen molar-refractivity contribution in [3.63, 3.8) is 0 Å². The minimum atomic E-state index is -1.06. The third-order valence-electron chi connectivity index (χ3n) is 5.49. The molecular weight excluding hydrogens is 322 g/mol. The summed E-state index contributed by atoms with van der Waals surface area (Å²) in [6.07, 6.45) is 5.99. The third-order valence-corrected chi connectivity index (χ3v) is 5.49. The number of piperidine rings is 1. The molecule has 0 spiro atoms. The Hall–Kier alpha value is -2.10. The predicted octanol–water partition coefficient (Wildman–Crippen LogP) is 4.43. The van der Waals surface area contributed by atoms with Gasteiger partial charge in [0.25, 0.3) is 0 Å². The summed E-state index contributed by atoms with van der Waals surface area (Å²) in [6, 6.07) is 17.2. The fourth-order valence-corrected chi connectivity index (χ4v) is 4.05. The zero-order chi connectivity index (χ0) is 18.4. The smallest absolute Gasteiger partial charge is 0.115 e. The summed E-state index contributed by atoms with van der Waals surface area (Å²) in [7, 11) is 0. The van der Waals surface area contributed by atoms with Gasteiger partial charge in [0.2, 0.25) is 0 Å². The molecule has 1 saturated heterocycles. The van der Waals surface area contributed by atoms with Crippen molar-refractivity contribution in [2.45, 2.75) is 37.2 Å². The molecule has 2 aromatic carbocycles. The van der Waals surface area contributed by atoms with Crippen LogP contribution in [-0.2, 0) is 5.60 Å². The van der Waals surface area contributed by atoms with Crippen LogP contribution < -0.4 is 0 Å². The highest BCUT2D eigenvalue weighted by Gasteiger charge is 2.39. The van der Waals surface area contributed by atoms with E-state index in [0.29, 0.717) is 6.42 Å². The zero-order valence-corrected chi connectivity index (χ0v) is 15.3. The van der Waals surface area contributed by atoms with Crippen molar-refractivity contribution in [2.24, 2.45) is 0 Å². The molecule has 3 nitrogen and oxygen atoms in total. The van der Waals surface area contributed by atoms with E-state index in [-0.39, 0.29) is 11.7 Å². The second-order valence-electron chi connectivity index (χ2n) is 7.29. The Bertz CT molecular complexity index is 692. The highest BCUT2D eigenvalue weighted by Crippen LogP contribution is 2.41. The fraction of sp³-hybridized carbons (Fsp3) is 0.391. The number of hydrogen-bond acceptors (Lipinski definition) is 3. The van der Waals surface area contributed by atoms with Gasteiger partial charge in [-0.15, -0.1) is 6.58 Å². The van der Waals surface area contributed by atoms with Crippen molar-refractivity contribution >= 4 is 0 Å². The highest BCUT2D eigenvalue weighted by molar-refractivity contribution is 5.35. The van der Waals surface area contributed by atoms with Gasteiger partial charge in [0, 0.05) is 12.5 Å². The van der Waals surface area contributed by atoms with Gasteiger partial charge in [0.1, 0.15) is 11.4 Å². The van der Waals surface area contributed by atoms with Crippen molar-refractivity contribution < 1.29 is 10.2 Å². The number of aromatic hydroxyl groups is 1. The molecule has 0 bridgehead atoms. The van der Waals surface area contributed by atoms with E-state index in [0.717, 1.165) is 30.8 Å². The lowest BCUT2D eigenvalue weighted by Gasteiger charge is -2.40. The van der Waals surface area contributed by atoms with E-state index in [1.807, 2.05) is 30.3 Å². The third kappa shape index (κ3) is 4.17. The lowest BCUT2D eigenvalue weighted by atomic mass is 9.74. The molecular formula is C23H29NO2. The minimum absolute atomic E-state index is 0.0654. The van der Waals surface area contributed by atoms with Gasteiger partial charge in [0.15, 0.2) is 0 Å². The summed E-state index contributed by atoms with van der Waals surface area (Å²) in [5.74, 6) is 0.145. The molecule has 3 heteroatoms. The molecule has 0 radical (unpaired) electrons. The average Bonchev–Trinajstić information content (AvgIpc) is 2.68. The fourth-order valence-electron chi connectivity index (χ4n) is 4.05. The lowest BCUT2D eigenvalue weighted by Crippen LogP contribution is -2.42. The molecule has 2 N–H and O–H groups in total. The van der Waals surface area contributed by atoms with Crippen molar-refractivity contribution in [3.8, 4) is 5.75 Å². The maximum Gasteiger partial charge on any atom is 0.115 e. The molecule has 1 aliphatic rings. The molecule has 26 heavy (non-hydrogen) atoms. The lowest BCUT2D eigenvalue weighted by molar-refractivity contribution is -0.00430.